The summed E-state index contributed by atoms with van der Waals surface area (Å²) in [5, 5.41) is 3.53. The molecular weight excluding hydrogens is 449 g/mol. The summed E-state index contributed by atoms with van der Waals surface area (Å²) in [4.78, 5) is 33.4. The minimum absolute atomic E-state index is 0.0327. The van der Waals surface area contributed by atoms with Gasteiger partial charge in [-0.15, -0.1) is 0 Å². The number of fused-ring (bicyclic) bond motifs is 1. The van der Waals surface area contributed by atoms with Crippen molar-refractivity contribution in [2.24, 2.45) is 0 Å². The molecular formula is C22H24FN5O4S. The van der Waals surface area contributed by atoms with Gasteiger partial charge in [0.1, 0.15) is 16.9 Å². The van der Waals surface area contributed by atoms with Crippen molar-refractivity contribution >= 4 is 38.3 Å². The van der Waals surface area contributed by atoms with Crippen LogP contribution in [-0.4, -0.2) is 62.0 Å². The molecule has 1 aromatic carbocycles. The summed E-state index contributed by atoms with van der Waals surface area (Å²) < 4.78 is 40.1. The lowest BCUT2D eigenvalue weighted by Crippen LogP contribution is -2.27. The first-order valence-electron chi connectivity index (χ1n) is 10.3. The van der Waals surface area contributed by atoms with Crippen LogP contribution in [0.15, 0.2) is 46.2 Å². The maximum Gasteiger partial charge on any atom is 0.259 e. The summed E-state index contributed by atoms with van der Waals surface area (Å²) in [7, 11) is -1.06. The number of halogens is 1. The Kier molecular flexibility index (Phi) is 5.93. The third kappa shape index (κ3) is 4.46. The number of hydrogen-bond donors (Lipinski definition) is 2. The molecule has 1 atom stereocenters. The molecule has 0 bridgehead atoms. The average molecular weight is 474 g/mol. The molecule has 9 nitrogen and oxygen atoms in total. The number of hydrogen-bond acceptors (Lipinski definition) is 6. The first-order valence-corrected chi connectivity index (χ1v) is 11.8. The molecule has 1 saturated heterocycles. The minimum Gasteiger partial charge on any atom is -0.353 e. The number of carbonyl (C=O) groups is 1. The van der Waals surface area contributed by atoms with Gasteiger partial charge < -0.3 is 15.2 Å². The Labute approximate surface area is 190 Å². The van der Waals surface area contributed by atoms with Crippen molar-refractivity contribution in [2.75, 3.05) is 37.4 Å². The molecule has 3 heterocycles. The van der Waals surface area contributed by atoms with Crippen molar-refractivity contribution in [3.05, 3.63) is 58.0 Å². The number of benzene rings is 1. The van der Waals surface area contributed by atoms with Gasteiger partial charge in [-0.3, -0.25) is 9.59 Å². The van der Waals surface area contributed by atoms with Crippen LogP contribution in [0.25, 0.3) is 10.9 Å². The number of aromatic amines is 1. The molecule has 11 heteroatoms. The molecule has 2 aromatic heterocycles. The molecule has 1 aliphatic rings. The molecule has 2 N–H and O–H groups in total. The van der Waals surface area contributed by atoms with Crippen molar-refractivity contribution in [1.29, 1.82) is 0 Å². The summed E-state index contributed by atoms with van der Waals surface area (Å²) in [6.45, 7) is 2.24. The number of aromatic nitrogens is 2. The van der Waals surface area contributed by atoms with Gasteiger partial charge >= 0.3 is 0 Å². The highest BCUT2D eigenvalue weighted by Gasteiger charge is 2.29. The molecule has 1 aliphatic heterocycles. The second kappa shape index (κ2) is 8.56. The monoisotopic (exact) mass is 473 g/mol. The van der Waals surface area contributed by atoms with E-state index in [1.54, 1.807) is 30.0 Å². The Morgan fingerprint density at radius 1 is 1.27 bits per heavy atom. The predicted molar refractivity (Wildman–Crippen MR) is 124 cm³/mol. The lowest BCUT2D eigenvalue weighted by molar-refractivity contribution is 0.102. The highest BCUT2D eigenvalue weighted by Crippen LogP contribution is 2.28. The number of carbonyl (C=O) groups excluding carboxylic acids is 1. The van der Waals surface area contributed by atoms with E-state index < -0.39 is 22.1 Å². The number of anilines is 2. The maximum atomic E-state index is 13.8. The summed E-state index contributed by atoms with van der Waals surface area (Å²) in [6, 6.07) is 7.77. The van der Waals surface area contributed by atoms with Crippen LogP contribution in [0.1, 0.15) is 22.3 Å². The fourth-order valence-corrected chi connectivity index (χ4v) is 4.69. The third-order valence-electron chi connectivity index (χ3n) is 5.60. The van der Waals surface area contributed by atoms with Crippen molar-refractivity contribution < 1.29 is 17.6 Å². The van der Waals surface area contributed by atoms with E-state index in [9.17, 15) is 22.4 Å². The van der Waals surface area contributed by atoms with Gasteiger partial charge in [-0.05, 0) is 43.2 Å². The molecule has 0 saturated carbocycles. The van der Waals surface area contributed by atoms with E-state index in [0.29, 0.717) is 24.2 Å². The van der Waals surface area contributed by atoms with Gasteiger partial charge in [0.15, 0.2) is 0 Å². The van der Waals surface area contributed by atoms with Crippen molar-refractivity contribution in [3.63, 3.8) is 0 Å². The molecule has 0 radical (unpaired) electrons. The molecule has 33 heavy (non-hydrogen) atoms. The lowest BCUT2D eigenvalue weighted by atomic mass is 10.1. The Morgan fingerprint density at radius 2 is 2.03 bits per heavy atom. The van der Waals surface area contributed by atoms with E-state index >= 15 is 0 Å². The Balaban J connectivity index is 1.74. The Morgan fingerprint density at radius 3 is 2.70 bits per heavy atom. The van der Waals surface area contributed by atoms with Gasteiger partial charge in [-0.2, -0.15) is 0 Å². The van der Waals surface area contributed by atoms with Gasteiger partial charge in [0, 0.05) is 49.5 Å². The minimum atomic E-state index is -3.83. The SMILES string of the molecule is Cc1cc(=O)[nH]c2ccc(NC(=O)c3cc(S(=O)(=O)N(C)C)cnc3N3CCC(F)C3)cc12. The van der Waals surface area contributed by atoms with Crippen LogP contribution in [-0.2, 0) is 10.0 Å². The average Bonchev–Trinajstić information content (AvgIpc) is 3.19. The summed E-state index contributed by atoms with van der Waals surface area (Å²) in [5.74, 6) is -0.344. The van der Waals surface area contributed by atoms with E-state index in [4.69, 9.17) is 0 Å². The van der Waals surface area contributed by atoms with Crippen LogP contribution in [0.3, 0.4) is 0 Å². The molecule has 3 aromatic rings. The number of nitrogens with one attached hydrogen (secondary N) is 2. The standard InChI is InChI=1S/C22H24FN5O4S/c1-13-8-20(29)26-19-5-4-15(9-17(13)19)25-22(30)18-10-16(33(31,32)27(2)3)11-24-21(18)28-7-6-14(23)12-28/h4-5,8-11,14H,6-7,12H2,1-3H3,(H,25,30)(H,26,29). The van der Waals surface area contributed by atoms with Gasteiger partial charge in [0.25, 0.3) is 5.91 Å². The van der Waals surface area contributed by atoms with Crippen molar-refractivity contribution in [1.82, 2.24) is 14.3 Å². The zero-order chi connectivity index (χ0) is 23.9. The maximum absolute atomic E-state index is 13.8. The molecule has 4 rings (SSSR count). The van der Waals surface area contributed by atoms with Crippen LogP contribution in [0.5, 0.6) is 0 Å². The molecule has 1 amide bonds. The Bertz CT molecular complexity index is 1400. The van der Waals surface area contributed by atoms with Crippen molar-refractivity contribution in [3.8, 4) is 0 Å². The van der Waals surface area contributed by atoms with Crippen LogP contribution in [0.2, 0.25) is 0 Å². The molecule has 174 valence electrons. The van der Waals surface area contributed by atoms with E-state index in [2.05, 4.69) is 15.3 Å². The van der Waals surface area contributed by atoms with E-state index in [-0.39, 0.29) is 28.4 Å². The van der Waals surface area contributed by atoms with E-state index in [0.717, 1.165) is 15.3 Å². The van der Waals surface area contributed by atoms with E-state index in [1.807, 2.05) is 0 Å². The zero-order valence-electron chi connectivity index (χ0n) is 18.4. The fraction of sp³-hybridized carbons (Fsp3) is 0.318. The fourth-order valence-electron chi connectivity index (χ4n) is 3.82. The third-order valence-corrected chi connectivity index (χ3v) is 7.38. The number of aryl methyl sites for hydroxylation is 1. The summed E-state index contributed by atoms with van der Waals surface area (Å²) >= 11 is 0. The van der Waals surface area contributed by atoms with E-state index in [1.165, 1.54) is 32.4 Å². The molecule has 0 aliphatic carbocycles. The van der Waals surface area contributed by atoms with Crippen molar-refractivity contribution in [2.45, 2.75) is 24.4 Å². The molecule has 1 unspecified atom stereocenters. The number of sulfonamides is 1. The Hall–Kier alpha value is -3.31. The van der Waals surface area contributed by atoms with Gasteiger partial charge in [-0.1, -0.05) is 0 Å². The van der Waals surface area contributed by atoms with Crippen LogP contribution in [0.4, 0.5) is 15.9 Å². The number of H-pyrrole nitrogens is 1. The highest BCUT2D eigenvalue weighted by atomic mass is 32.2. The quantitative estimate of drug-likeness (QED) is 0.588. The summed E-state index contributed by atoms with van der Waals surface area (Å²) in [5.41, 5.74) is 1.65. The van der Waals surface area contributed by atoms with Gasteiger partial charge in [-0.25, -0.2) is 22.1 Å². The van der Waals surface area contributed by atoms with Gasteiger partial charge in [0.05, 0.1) is 12.1 Å². The topological polar surface area (TPSA) is 115 Å². The lowest BCUT2D eigenvalue weighted by Gasteiger charge is -2.21. The first-order chi connectivity index (χ1) is 15.6. The zero-order valence-corrected chi connectivity index (χ0v) is 19.2. The summed E-state index contributed by atoms with van der Waals surface area (Å²) in [6.07, 6.45) is 0.448. The second-order valence-electron chi connectivity index (χ2n) is 8.19. The van der Waals surface area contributed by atoms with Crippen LogP contribution >= 0.6 is 0 Å². The first kappa shape index (κ1) is 22.9. The number of amides is 1. The molecule has 0 spiro atoms. The van der Waals surface area contributed by atoms with Crippen LogP contribution in [0, 0.1) is 6.92 Å². The highest BCUT2D eigenvalue weighted by molar-refractivity contribution is 7.89. The predicted octanol–water partition coefficient (Wildman–Crippen LogP) is 2.28. The second-order valence-corrected chi connectivity index (χ2v) is 10.3. The van der Waals surface area contributed by atoms with Crippen LogP contribution < -0.4 is 15.8 Å². The number of alkyl halides is 1. The van der Waals surface area contributed by atoms with Gasteiger partial charge in [0.2, 0.25) is 15.6 Å². The number of nitrogens with zero attached hydrogens (tertiary/aromatic N) is 3. The molecule has 1 fully saturated rings. The number of rotatable bonds is 5. The number of pyridine rings is 2. The largest absolute Gasteiger partial charge is 0.353 e. The normalized spacial score (nSPS) is 16.5. The smallest absolute Gasteiger partial charge is 0.259 e.